The van der Waals surface area contributed by atoms with Crippen LogP contribution in [0.1, 0.15) is 35.4 Å². The molecular weight excluding hydrogens is 368 g/mol. The van der Waals surface area contributed by atoms with Crippen molar-refractivity contribution < 1.29 is 9.59 Å². The van der Waals surface area contributed by atoms with Crippen molar-refractivity contribution in [2.24, 2.45) is 11.7 Å². The number of carbonyl (C=O) groups excluding carboxylic acids is 2. The van der Waals surface area contributed by atoms with Gasteiger partial charge in [-0.1, -0.05) is 6.07 Å². The van der Waals surface area contributed by atoms with Gasteiger partial charge in [0.1, 0.15) is 11.3 Å². The minimum absolute atomic E-state index is 0.137. The molecule has 2 amide bonds. The number of amides is 2. The minimum Gasteiger partial charge on any atom is -0.366 e. The quantitative estimate of drug-likeness (QED) is 0.768. The SMILES string of the molecule is CN1CCN(C(=O)CCc2nc3c(C(N)=O)cccc3n2C23CC(CN2)C3)CC1. The molecule has 0 atom stereocenters. The van der Waals surface area contributed by atoms with Crippen molar-refractivity contribution in [2.75, 3.05) is 39.8 Å². The van der Waals surface area contributed by atoms with Crippen molar-refractivity contribution >= 4 is 22.8 Å². The monoisotopic (exact) mass is 396 g/mol. The zero-order valence-electron chi connectivity index (χ0n) is 16.9. The molecule has 4 aliphatic rings. The summed E-state index contributed by atoms with van der Waals surface area (Å²) in [7, 11) is 2.08. The smallest absolute Gasteiger partial charge is 0.250 e. The number of para-hydroxylation sites is 1. The molecule has 3 saturated heterocycles. The Hall–Kier alpha value is -2.45. The molecule has 8 heteroatoms. The molecule has 29 heavy (non-hydrogen) atoms. The number of imidazole rings is 1. The second-order valence-corrected chi connectivity index (χ2v) is 8.77. The average molecular weight is 396 g/mol. The van der Waals surface area contributed by atoms with E-state index in [0.717, 1.165) is 56.9 Å². The van der Waals surface area contributed by atoms with Gasteiger partial charge in [0, 0.05) is 45.6 Å². The van der Waals surface area contributed by atoms with Gasteiger partial charge in [0.15, 0.2) is 0 Å². The van der Waals surface area contributed by atoms with Gasteiger partial charge in [-0.25, -0.2) is 4.98 Å². The van der Waals surface area contributed by atoms with E-state index < -0.39 is 5.91 Å². The summed E-state index contributed by atoms with van der Waals surface area (Å²) in [6.07, 6.45) is 3.13. The molecule has 4 fully saturated rings. The summed E-state index contributed by atoms with van der Waals surface area (Å²) < 4.78 is 2.25. The van der Waals surface area contributed by atoms with Crippen LogP contribution >= 0.6 is 0 Å². The number of rotatable bonds is 5. The van der Waals surface area contributed by atoms with E-state index in [0.29, 0.717) is 29.8 Å². The summed E-state index contributed by atoms with van der Waals surface area (Å²) in [6, 6.07) is 5.59. The number of fused-ring (bicyclic) bond motifs is 2. The van der Waals surface area contributed by atoms with E-state index in [1.54, 1.807) is 6.07 Å². The van der Waals surface area contributed by atoms with Gasteiger partial charge >= 0.3 is 0 Å². The number of nitrogens with two attached hydrogens (primary N) is 1. The van der Waals surface area contributed by atoms with E-state index in [1.165, 1.54) is 0 Å². The highest BCUT2D eigenvalue weighted by molar-refractivity contribution is 6.04. The zero-order chi connectivity index (χ0) is 20.2. The van der Waals surface area contributed by atoms with Crippen molar-refractivity contribution in [3.8, 4) is 0 Å². The van der Waals surface area contributed by atoms with E-state index in [-0.39, 0.29) is 11.6 Å². The fourth-order valence-electron chi connectivity index (χ4n) is 5.20. The highest BCUT2D eigenvalue weighted by Gasteiger charge is 2.53. The molecule has 2 bridgehead atoms. The molecule has 1 saturated carbocycles. The fourth-order valence-corrected chi connectivity index (χ4v) is 5.20. The third-order valence-corrected chi connectivity index (χ3v) is 6.84. The Labute approximate surface area is 170 Å². The summed E-state index contributed by atoms with van der Waals surface area (Å²) in [5.74, 6) is 1.27. The van der Waals surface area contributed by atoms with Gasteiger partial charge in [0.2, 0.25) is 5.91 Å². The number of aromatic nitrogens is 2. The maximum atomic E-state index is 12.8. The molecular formula is C21H28N6O2. The highest BCUT2D eigenvalue weighted by atomic mass is 16.2. The number of hydrogen-bond acceptors (Lipinski definition) is 5. The van der Waals surface area contributed by atoms with Crippen LogP contribution < -0.4 is 11.1 Å². The summed E-state index contributed by atoms with van der Waals surface area (Å²) in [5, 5.41) is 3.65. The van der Waals surface area contributed by atoms with Crippen LogP contribution in [0.15, 0.2) is 18.2 Å². The number of nitrogens with zero attached hydrogens (tertiary/aromatic N) is 4. The van der Waals surface area contributed by atoms with Crippen molar-refractivity contribution in [1.82, 2.24) is 24.7 Å². The Bertz CT molecular complexity index is 963. The van der Waals surface area contributed by atoms with Crippen LogP contribution in [0.3, 0.4) is 0 Å². The fraction of sp³-hybridized carbons (Fsp3) is 0.571. The van der Waals surface area contributed by atoms with Crippen molar-refractivity contribution in [3.63, 3.8) is 0 Å². The van der Waals surface area contributed by atoms with Gasteiger partial charge in [-0.3, -0.25) is 14.9 Å². The van der Waals surface area contributed by atoms with Crippen LogP contribution in [0.4, 0.5) is 0 Å². The predicted molar refractivity (Wildman–Crippen MR) is 109 cm³/mol. The van der Waals surface area contributed by atoms with Crippen LogP contribution in [0.25, 0.3) is 11.0 Å². The Morgan fingerprint density at radius 2 is 2.00 bits per heavy atom. The normalized spacial score (nSPS) is 26.7. The Morgan fingerprint density at radius 3 is 2.66 bits per heavy atom. The first-order valence-corrected chi connectivity index (χ1v) is 10.5. The topological polar surface area (TPSA) is 96.5 Å². The van der Waals surface area contributed by atoms with Gasteiger partial charge in [0.05, 0.1) is 16.7 Å². The lowest BCUT2D eigenvalue weighted by molar-refractivity contribution is -0.132. The standard InChI is InChI=1S/C21H28N6O2/c1-25-7-9-26(10-8-25)18(28)6-5-17-24-19-15(20(22)29)3-2-4-16(19)27(17)21-11-14(12-21)13-23-21/h2-4,14,23H,5-13H2,1H3,(H2,22,29). The number of likely N-dealkylation sites (N-methyl/N-ethyl adjacent to an activating group) is 1. The average Bonchev–Trinajstić information content (AvgIpc) is 3.37. The first-order chi connectivity index (χ1) is 14.0. The second kappa shape index (κ2) is 6.81. The third-order valence-electron chi connectivity index (χ3n) is 6.84. The number of carbonyl (C=O) groups is 2. The molecule has 8 nitrogen and oxygen atoms in total. The largest absolute Gasteiger partial charge is 0.366 e. The lowest BCUT2D eigenvalue weighted by Gasteiger charge is -2.40. The van der Waals surface area contributed by atoms with Crippen molar-refractivity contribution in [2.45, 2.75) is 31.3 Å². The lowest BCUT2D eigenvalue weighted by Crippen LogP contribution is -2.48. The summed E-state index contributed by atoms with van der Waals surface area (Å²) in [6.45, 7) is 4.41. The third kappa shape index (κ3) is 3.02. The number of aryl methyl sites for hydroxylation is 1. The minimum atomic E-state index is -0.469. The van der Waals surface area contributed by atoms with E-state index in [1.807, 2.05) is 17.0 Å². The molecule has 4 heterocycles. The lowest BCUT2D eigenvalue weighted by atomic mass is 9.79. The maximum Gasteiger partial charge on any atom is 0.250 e. The number of benzene rings is 1. The summed E-state index contributed by atoms with van der Waals surface area (Å²) in [4.78, 5) is 33.7. The van der Waals surface area contributed by atoms with Gasteiger partial charge in [-0.15, -0.1) is 0 Å². The van der Waals surface area contributed by atoms with Crippen LogP contribution in [-0.2, 0) is 16.9 Å². The van der Waals surface area contributed by atoms with Crippen LogP contribution in [0.5, 0.6) is 0 Å². The first-order valence-electron chi connectivity index (χ1n) is 10.5. The molecule has 1 aromatic carbocycles. The molecule has 0 radical (unpaired) electrons. The molecule has 1 aromatic heterocycles. The van der Waals surface area contributed by atoms with Gasteiger partial charge in [-0.2, -0.15) is 0 Å². The summed E-state index contributed by atoms with van der Waals surface area (Å²) >= 11 is 0. The molecule has 2 aromatic rings. The number of nitrogens with one attached hydrogen (secondary N) is 1. The van der Waals surface area contributed by atoms with Crippen molar-refractivity contribution in [1.29, 1.82) is 0 Å². The van der Waals surface area contributed by atoms with Crippen LogP contribution in [-0.4, -0.2) is 70.9 Å². The molecule has 1 aliphatic carbocycles. The molecule has 154 valence electrons. The highest BCUT2D eigenvalue weighted by Crippen LogP contribution is 2.49. The molecule has 3 N–H and O–H groups in total. The Balaban J connectivity index is 1.46. The molecule has 0 spiro atoms. The molecule has 6 rings (SSSR count). The summed E-state index contributed by atoms with van der Waals surface area (Å²) in [5.41, 5.74) is 7.48. The van der Waals surface area contributed by atoms with Gasteiger partial charge < -0.3 is 20.1 Å². The number of piperazine rings is 1. The van der Waals surface area contributed by atoms with Gasteiger partial charge in [-0.05, 0) is 37.9 Å². The predicted octanol–water partition coefficient (Wildman–Crippen LogP) is 0.508. The zero-order valence-corrected chi connectivity index (χ0v) is 16.9. The molecule has 3 aliphatic heterocycles. The van der Waals surface area contributed by atoms with Crippen LogP contribution in [0.2, 0.25) is 0 Å². The number of hydrogen-bond donors (Lipinski definition) is 2. The van der Waals surface area contributed by atoms with E-state index in [9.17, 15) is 9.59 Å². The van der Waals surface area contributed by atoms with E-state index >= 15 is 0 Å². The van der Waals surface area contributed by atoms with E-state index in [4.69, 9.17) is 10.7 Å². The van der Waals surface area contributed by atoms with Crippen LogP contribution in [0, 0.1) is 5.92 Å². The number of primary amides is 1. The Morgan fingerprint density at radius 1 is 1.24 bits per heavy atom. The van der Waals surface area contributed by atoms with Crippen molar-refractivity contribution in [3.05, 3.63) is 29.6 Å². The van der Waals surface area contributed by atoms with E-state index in [2.05, 4.69) is 21.8 Å². The maximum absolute atomic E-state index is 12.8. The molecule has 0 unspecified atom stereocenters. The van der Waals surface area contributed by atoms with Gasteiger partial charge in [0.25, 0.3) is 5.91 Å². The second-order valence-electron chi connectivity index (χ2n) is 8.77. The first kappa shape index (κ1) is 18.6. The Kier molecular flexibility index (Phi) is 4.36.